The van der Waals surface area contributed by atoms with Crippen molar-refractivity contribution < 1.29 is 9.90 Å². The van der Waals surface area contributed by atoms with Gasteiger partial charge in [-0.25, -0.2) is 9.78 Å². The zero-order chi connectivity index (χ0) is 13.1. The number of rotatable bonds is 4. The van der Waals surface area contributed by atoms with Gasteiger partial charge in [0.2, 0.25) is 0 Å². The molecule has 18 heavy (non-hydrogen) atoms. The normalized spacial score (nSPS) is 10.2. The highest BCUT2D eigenvalue weighted by atomic mass is 16.4. The number of nitriles is 1. The number of hydrogen-bond acceptors (Lipinski definition) is 3. The van der Waals surface area contributed by atoms with Crippen LogP contribution in [0.2, 0.25) is 0 Å². The molecule has 0 aliphatic heterocycles. The molecule has 0 radical (unpaired) electrons. The first kappa shape index (κ1) is 11.9. The Morgan fingerprint density at radius 2 is 2.44 bits per heavy atom. The van der Waals surface area contributed by atoms with E-state index in [9.17, 15) is 4.79 Å². The minimum Gasteiger partial charge on any atom is -0.477 e. The summed E-state index contributed by atoms with van der Waals surface area (Å²) in [6.45, 7) is 2.01. The number of carbonyl (C=O) groups is 1. The average Bonchev–Trinajstić information content (AvgIpc) is 2.93. The Kier molecular flexibility index (Phi) is 3.15. The number of carboxylic acid groups (broad SMARTS) is 1. The third-order valence-corrected chi connectivity index (χ3v) is 2.53. The number of imidazole rings is 1. The minimum atomic E-state index is -1.05. The number of nitrogens with zero attached hydrogens (tertiary/aromatic N) is 3. The summed E-state index contributed by atoms with van der Waals surface area (Å²) in [5.41, 5.74) is 0.359. The number of aromatic amines is 1. The molecule has 6 nitrogen and oxygen atoms in total. The highest BCUT2D eigenvalue weighted by Gasteiger charge is 2.16. The SMILES string of the molecule is CCCc1nc(-n2cccc2C(=O)O)c(C#N)[nH]1. The second-order valence-corrected chi connectivity index (χ2v) is 3.81. The maximum atomic E-state index is 11.0. The molecule has 2 heterocycles. The van der Waals surface area contributed by atoms with Gasteiger partial charge in [0, 0.05) is 12.6 Å². The molecule has 2 rings (SSSR count). The van der Waals surface area contributed by atoms with Crippen LogP contribution in [0, 0.1) is 11.3 Å². The Morgan fingerprint density at radius 1 is 1.67 bits per heavy atom. The molecule has 0 unspecified atom stereocenters. The largest absolute Gasteiger partial charge is 0.477 e. The third-order valence-electron chi connectivity index (χ3n) is 2.53. The fourth-order valence-electron chi connectivity index (χ4n) is 1.76. The Bertz CT molecular complexity index is 618. The van der Waals surface area contributed by atoms with Crippen LogP contribution in [0.25, 0.3) is 5.82 Å². The topological polar surface area (TPSA) is 94.7 Å². The van der Waals surface area contributed by atoms with E-state index in [1.165, 1.54) is 10.6 Å². The summed E-state index contributed by atoms with van der Waals surface area (Å²) in [6.07, 6.45) is 3.20. The van der Waals surface area contributed by atoms with Crippen molar-refractivity contribution in [1.29, 1.82) is 5.26 Å². The van der Waals surface area contributed by atoms with Crippen LogP contribution in [0.1, 0.15) is 35.4 Å². The Morgan fingerprint density at radius 3 is 3.06 bits per heavy atom. The lowest BCUT2D eigenvalue weighted by molar-refractivity contribution is 0.0688. The second kappa shape index (κ2) is 4.75. The van der Waals surface area contributed by atoms with Gasteiger partial charge in [0.1, 0.15) is 17.6 Å². The second-order valence-electron chi connectivity index (χ2n) is 3.81. The zero-order valence-corrected chi connectivity index (χ0v) is 9.84. The summed E-state index contributed by atoms with van der Waals surface area (Å²) < 4.78 is 1.40. The molecule has 0 saturated heterocycles. The molecule has 0 atom stereocenters. The lowest BCUT2D eigenvalue weighted by Crippen LogP contribution is -2.07. The van der Waals surface area contributed by atoms with Crippen molar-refractivity contribution >= 4 is 5.97 Å². The smallest absolute Gasteiger partial charge is 0.352 e. The summed E-state index contributed by atoms with van der Waals surface area (Å²) >= 11 is 0. The van der Waals surface area contributed by atoms with Crippen molar-refractivity contribution in [2.24, 2.45) is 0 Å². The number of carboxylic acids is 1. The Labute approximate surface area is 104 Å². The number of H-pyrrole nitrogens is 1. The quantitative estimate of drug-likeness (QED) is 0.856. The number of aryl methyl sites for hydroxylation is 1. The maximum Gasteiger partial charge on any atom is 0.352 e. The van der Waals surface area contributed by atoms with Crippen molar-refractivity contribution in [2.75, 3.05) is 0 Å². The molecule has 0 saturated carbocycles. The molecule has 0 aliphatic rings. The zero-order valence-electron chi connectivity index (χ0n) is 9.84. The van der Waals surface area contributed by atoms with Gasteiger partial charge in [0.05, 0.1) is 0 Å². The average molecular weight is 244 g/mol. The van der Waals surface area contributed by atoms with Crippen LogP contribution in [-0.4, -0.2) is 25.6 Å². The molecule has 0 fully saturated rings. The van der Waals surface area contributed by atoms with Crippen LogP contribution in [0.5, 0.6) is 0 Å². The van der Waals surface area contributed by atoms with Gasteiger partial charge in [0.25, 0.3) is 0 Å². The highest BCUT2D eigenvalue weighted by molar-refractivity contribution is 5.86. The van der Waals surface area contributed by atoms with Crippen molar-refractivity contribution in [3.05, 3.63) is 35.5 Å². The highest BCUT2D eigenvalue weighted by Crippen LogP contribution is 2.16. The van der Waals surface area contributed by atoms with E-state index in [4.69, 9.17) is 10.4 Å². The van der Waals surface area contributed by atoms with E-state index in [1.807, 2.05) is 13.0 Å². The molecule has 2 N–H and O–H groups in total. The lowest BCUT2D eigenvalue weighted by Gasteiger charge is -2.01. The van der Waals surface area contributed by atoms with Crippen molar-refractivity contribution in [3.63, 3.8) is 0 Å². The molecular weight excluding hydrogens is 232 g/mol. The fraction of sp³-hybridized carbons (Fsp3) is 0.250. The van der Waals surface area contributed by atoms with Crippen LogP contribution in [-0.2, 0) is 6.42 Å². The molecule has 92 valence electrons. The first-order valence-electron chi connectivity index (χ1n) is 5.57. The number of hydrogen-bond donors (Lipinski definition) is 2. The number of aromatic carboxylic acids is 1. The molecular formula is C12H12N4O2. The van der Waals surface area contributed by atoms with Crippen LogP contribution in [0.15, 0.2) is 18.3 Å². The van der Waals surface area contributed by atoms with Crippen molar-refractivity contribution in [1.82, 2.24) is 14.5 Å². The van der Waals surface area contributed by atoms with Crippen LogP contribution >= 0.6 is 0 Å². The van der Waals surface area contributed by atoms with E-state index in [0.29, 0.717) is 11.6 Å². The van der Waals surface area contributed by atoms with Gasteiger partial charge in [-0.15, -0.1) is 0 Å². The molecule has 2 aromatic heterocycles. The summed E-state index contributed by atoms with van der Waals surface area (Å²) in [5, 5.41) is 18.1. The monoisotopic (exact) mass is 244 g/mol. The molecule has 0 aliphatic carbocycles. The van der Waals surface area contributed by atoms with E-state index in [1.54, 1.807) is 12.3 Å². The van der Waals surface area contributed by atoms with Crippen LogP contribution in [0.3, 0.4) is 0 Å². The fourth-order valence-corrected chi connectivity index (χ4v) is 1.76. The van der Waals surface area contributed by atoms with Gasteiger partial charge in [-0.1, -0.05) is 6.92 Å². The van der Waals surface area contributed by atoms with Gasteiger partial charge in [-0.3, -0.25) is 4.57 Å². The van der Waals surface area contributed by atoms with Gasteiger partial charge in [0.15, 0.2) is 11.5 Å². The van der Waals surface area contributed by atoms with E-state index in [0.717, 1.165) is 12.8 Å². The number of aromatic nitrogens is 3. The van der Waals surface area contributed by atoms with Gasteiger partial charge < -0.3 is 10.1 Å². The summed E-state index contributed by atoms with van der Waals surface area (Å²) in [5.74, 6) is -0.0265. The molecule has 0 aromatic carbocycles. The maximum absolute atomic E-state index is 11.0. The predicted octanol–water partition coefficient (Wildman–Crippen LogP) is 1.72. The standard InChI is InChI=1S/C12H12N4O2/c1-2-4-10-14-8(7-13)11(15-10)16-6-3-5-9(16)12(17)18/h3,5-6H,2,4H2,1H3,(H,14,15)(H,17,18). The van der Waals surface area contributed by atoms with Gasteiger partial charge >= 0.3 is 5.97 Å². The van der Waals surface area contributed by atoms with Crippen molar-refractivity contribution in [2.45, 2.75) is 19.8 Å². The summed E-state index contributed by atoms with van der Waals surface area (Å²) in [4.78, 5) is 18.2. The van der Waals surface area contributed by atoms with E-state index < -0.39 is 5.97 Å². The minimum absolute atomic E-state index is 0.0843. The Balaban J connectivity index is 2.53. The van der Waals surface area contributed by atoms with Gasteiger partial charge in [-0.2, -0.15) is 5.26 Å². The lowest BCUT2D eigenvalue weighted by atomic mass is 10.3. The first-order valence-corrected chi connectivity index (χ1v) is 5.57. The summed E-state index contributed by atoms with van der Waals surface area (Å²) in [7, 11) is 0. The Hall–Kier alpha value is -2.55. The number of nitrogens with one attached hydrogen (secondary N) is 1. The molecule has 2 aromatic rings. The van der Waals surface area contributed by atoms with E-state index >= 15 is 0 Å². The molecule has 6 heteroatoms. The predicted molar refractivity (Wildman–Crippen MR) is 63.6 cm³/mol. The molecule has 0 spiro atoms. The third kappa shape index (κ3) is 1.98. The van der Waals surface area contributed by atoms with Crippen LogP contribution in [0.4, 0.5) is 0 Å². The first-order chi connectivity index (χ1) is 8.67. The van der Waals surface area contributed by atoms with E-state index in [-0.39, 0.29) is 11.4 Å². The van der Waals surface area contributed by atoms with Crippen molar-refractivity contribution in [3.8, 4) is 11.9 Å². The van der Waals surface area contributed by atoms with Gasteiger partial charge in [-0.05, 0) is 18.6 Å². The molecule has 0 amide bonds. The van der Waals surface area contributed by atoms with E-state index in [2.05, 4.69) is 9.97 Å². The van der Waals surface area contributed by atoms with Crippen LogP contribution < -0.4 is 0 Å². The molecule has 0 bridgehead atoms. The summed E-state index contributed by atoms with van der Waals surface area (Å²) in [6, 6.07) is 5.08.